The zero-order valence-electron chi connectivity index (χ0n) is 52.0. The van der Waals surface area contributed by atoms with E-state index in [2.05, 4.69) is 281 Å². The van der Waals surface area contributed by atoms with E-state index in [9.17, 15) is 5.26 Å². The molecule has 0 amide bonds. The van der Waals surface area contributed by atoms with Crippen molar-refractivity contribution in [2.75, 3.05) is 9.80 Å². The first kappa shape index (κ1) is 55.9. The fraction of sp³-hybridized carbons (Fsp3) is 0. The summed E-state index contributed by atoms with van der Waals surface area (Å²) in [7, 11) is 0. The SMILES string of the molecule is N#Cc1ccc(-n2c3ccccc3c3cc(-c4cc5c6c(c4)N(c4cc(-c7ccccc7)cc(-c7ccccc7)c4)c4ccccc4B6c4ccccc4N5c4cc(-c5ccccc5)cc(-c5ccccc5)c4)ccc32)c(-c2nc(-c3ccccc3)nc(-c3ccccc3)n2)c1. The molecule has 0 aliphatic carbocycles. The molecule has 0 spiro atoms. The molecule has 0 saturated heterocycles. The van der Waals surface area contributed by atoms with E-state index in [0.29, 0.717) is 28.6 Å². The van der Waals surface area contributed by atoms with Gasteiger partial charge >= 0.3 is 0 Å². The van der Waals surface area contributed by atoms with Crippen LogP contribution in [0.2, 0.25) is 0 Å². The Morgan fingerprint density at radius 1 is 0.271 bits per heavy atom. The highest BCUT2D eigenvalue weighted by atomic mass is 15.2. The lowest BCUT2D eigenvalue weighted by Gasteiger charge is -2.44. The van der Waals surface area contributed by atoms with E-state index >= 15 is 0 Å². The molecule has 14 aromatic carbocycles. The molecule has 0 bridgehead atoms. The van der Waals surface area contributed by atoms with Gasteiger partial charge in [0.2, 0.25) is 0 Å². The van der Waals surface area contributed by atoms with Gasteiger partial charge in [0, 0.05) is 61.6 Å². The van der Waals surface area contributed by atoms with Gasteiger partial charge in [0.25, 0.3) is 6.71 Å². The van der Waals surface area contributed by atoms with Gasteiger partial charge in [-0.2, -0.15) is 5.26 Å². The van der Waals surface area contributed by atoms with Gasteiger partial charge in [0.05, 0.1) is 28.4 Å². The van der Waals surface area contributed by atoms with Crippen LogP contribution in [0, 0.1) is 11.3 Å². The summed E-state index contributed by atoms with van der Waals surface area (Å²) in [5, 5.41) is 12.7. The largest absolute Gasteiger partial charge is 0.311 e. The number of hydrogen-bond acceptors (Lipinski definition) is 6. The monoisotopic (exact) mass is 1220 g/mol. The van der Waals surface area contributed by atoms with Crippen LogP contribution in [0.5, 0.6) is 0 Å². The number of rotatable bonds is 11. The Morgan fingerprint density at radius 2 is 0.667 bits per heavy atom. The Bertz CT molecular complexity index is 5360. The van der Waals surface area contributed by atoms with E-state index in [-0.39, 0.29) is 6.71 Å². The van der Waals surface area contributed by atoms with E-state index in [1.165, 1.54) is 16.4 Å². The van der Waals surface area contributed by atoms with Crippen LogP contribution < -0.4 is 26.2 Å². The maximum absolute atomic E-state index is 10.6. The van der Waals surface area contributed by atoms with Crippen molar-refractivity contribution < 1.29 is 0 Å². The molecule has 0 N–H and O–H groups in total. The fourth-order valence-corrected chi connectivity index (χ4v) is 14.6. The molecule has 2 aromatic heterocycles. The molecule has 0 unspecified atom stereocenters. The fourth-order valence-electron chi connectivity index (χ4n) is 14.6. The topological polar surface area (TPSA) is 73.9 Å². The van der Waals surface area contributed by atoms with Crippen molar-refractivity contribution in [1.82, 2.24) is 19.5 Å². The summed E-state index contributed by atoms with van der Waals surface area (Å²) in [5.74, 6) is 1.55. The number of para-hydroxylation sites is 3. The Hall–Kier alpha value is -13.0. The average Bonchev–Trinajstić information content (AvgIpc) is 0.830. The van der Waals surface area contributed by atoms with Crippen LogP contribution in [0.1, 0.15) is 5.56 Å². The first-order chi connectivity index (χ1) is 47.5. The molecule has 7 nitrogen and oxygen atoms in total. The van der Waals surface area contributed by atoms with Gasteiger partial charge < -0.3 is 14.4 Å². The lowest BCUT2D eigenvalue weighted by Crippen LogP contribution is -2.61. The van der Waals surface area contributed by atoms with E-state index in [1.54, 1.807) is 0 Å². The summed E-state index contributed by atoms with van der Waals surface area (Å²) >= 11 is 0. The van der Waals surface area contributed by atoms with Crippen molar-refractivity contribution in [3.8, 4) is 102 Å². The van der Waals surface area contributed by atoms with Crippen LogP contribution in [-0.4, -0.2) is 26.2 Å². The molecule has 16 aromatic rings. The maximum atomic E-state index is 10.6. The van der Waals surface area contributed by atoms with Gasteiger partial charge in [-0.05, 0) is 169 Å². The predicted octanol–water partition coefficient (Wildman–Crippen LogP) is 20.3. The van der Waals surface area contributed by atoms with Crippen LogP contribution in [0.25, 0.3) is 117 Å². The van der Waals surface area contributed by atoms with Crippen LogP contribution in [0.4, 0.5) is 34.1 Å². The van der Waals surface area contributed by atoms with Crippen molar-refractivity contribution in [1.29, 1.82) is 5.26 Å². The molecular weight excluding hydrogens is 1170 g/mol. The third-order valence-electron chi connectivity index (χ3n) is 19.0. The maximum Gasteiger partial charge on any atom is 0.252 e. The highest BCUT2D eigenvalue weighted by Gasteiger charge is 2.44. The summed E-state index contributed by atoms with van der Waals surface area (Å²) in [6.07, 6.45) is 0. The molecule has 8 heteroatoms. The van der Waals surface area contributed by atoms with E-state index in [0.717, 1.165) is 128 Å². The highest BCUT2D eigenvalue weighted by Crippen LogP contribution is 2.49. The minimum Gasteiger partial charge on any atom is -0.311 e. The Balaban J connectivity index is 0.898. The second-order valence-corrected chi connectivity index (χ2v) is 24.6. The van der Waals surface area contributed by atoms with Gasteiger partial charge in [0.15, 0.2) is 17.5 Å². The number of benzene rings is 14. The first-order valence-electron chi connectivity index (χ1n) is 32.5. The molecule has 446 valence electrons. The van der Waals surface area contributed by atoms with Gasteiger partial charge in [-0.25, -0.2) is 15.0 Å². The molecule has 0 atom stereocenters. The standard InChI is InChI=1S/C88H56BN7/c90-57-58-43-45-80(75(47-58)88-92-86(63-33-15-5-16-34-63)91-87(93-88)64-35-17-6-18-36-64)96-78-40-22-19-37-73(78)74-54-65(44-46-79(74)96)70-55-83-85-84(56-70)95(72-52-68(61-29-11-3-12-30-61)49-69(53-72)62-31-13-4-14-32-62)82-42-24-21-39-77(82)89(85)76-38-20-23-41-81(76)94(83)71-50-66(59-25-7-1-8-26-59)48-67(51-71)60-27-9-2-10-28-60/h1-56H. The molecule has 96 heavy (non-hydrogen) atoms. The third kappa shape index (κ3) is 9.64. The third-order valence-corrected chi connectivity index (χ3v) is 19.0. The summed E-state index contributed by atoms with van der Waals surface area (Å²) in [5.41, 5.74) is 27.3. The summed E-state index contributed by atoms with van der Waals surface area (Å²) in [4.78, 5) is 20.6. The summed E-state index contributed by atoms with van der Waals surface area (Å²) in [6, 6.07) is 124. The lowest BCUT2D eigenvalue weighted by molar-refractivity contribution is 1.06. The van der Waals surface area contributed by atoms with E-state index in [4.69, 9.17) is 15.0 Å². The molecular formula is C88H56BN7. The average molecular weight is 1220 g/mol. The molecule has 0 fully saturated rings. The Kier molecular flexibility index (Phi) is 13.6. The molecule has 0 radical (unpaired) electrons. The molecule has 2 aliphatic rings. The van der Waals surface area contributed by atoms with Crippen LogP contribution in [0.3, 0.4) is 0 Å². The zero-order chi connectivity index (χ0) is 63.6. The van der Waals surface area contributed by atoms with Crippen molar-refractivity contribution in [3.63, 3.8) is 0 Å². The minimum atomic E-state index is -0.111. The number of aromatic nitrogens is 4. The van der Waals surface area contributed by atoms with Gasteiger partial charge in [0.1, 0.15) is 0 Å². The Labute approximate surface area is 557 Å². The number of anilines is 6. The van der Waals surface area contributed by atoms with Crippen LogP contribution in [0.15, 0.2) is 340 Å². The van der Waals surface area contributed by atoms with Crippen molar-refractivity contribution in [3.05, 3.63) is 345 Å². The van der Waals surface area contributed by atoms with E-state index in [1.807, 2.05) is 78.9 Å². The van der Waals surface area contributed by atoms with Gasteiger partial charge in [-0.1, -0.05) is 243 Å². The minimum absolute atomic E-state index is 0.111. The molecule has 2 aliphatic heterocycles. The van der Waals surface area contributed by atoms with Crippen molar-refractivity contribution >= 4 is 79.0 Å². The number of nitriles is 1. The lowest BCUT2D eigenvalue weighted by atomic mass is 9.33. The second kappa shape index (κ2) is 23.3. The molecule has 18 rings (SSSR count). The van der Waals surface area contributed by atoms with Crippen molar-refractivity contribution in [2.24, 2.45) is 0 Å². The van der Waals surface area contributed by atoms with Crippen molar-refractivity contribution in [2.45, 2.75) is 0 Å². The molecule has 4 heterocycles. The number of hydrogen-bond donors (Lipinski definition) is 0. The highest BCUT2D eigenvalue weighted by molar-refractivity contribution is 7.00. The summed E-state index contributed by atoms with van der Waals surface area (Å²) < 4.78 is 2.31. The van der Waals surface area contributed by atoms with E-state index < -0.39 is 0 Å². The smallest absolute Gasteiger partial charge is 0.252 e. The Morgan fingerprint density at radius 3 is 1.14 bits per heavy atom. The quantitative estimate of drug-likeness (QED) is 0.120. The summed E-state index contributed by atoms with van der Waals surface area (Å²) in [6.45, 7) is -0.111. The first-order valence-corrected chi connectivity index (χ1v) is 32.5. The van der Waals surface area contributed by atoms with Gasteiger partial charge in [-0.3, -0.25) is 0 Å². The molecule has 0 saturated carbocycles. The second-order valence-electron chi connectivity index (χ2n) is 24.6. The zero-order valence-corrected chi connectivity index (χ0v) is 52.0. The van der Waals surface area contributed by atoms with Gasteiger partial charge in [-0.15, -0.1) is 0 Å². The van der Waals surface area contributed by atoms with Crippen LogP contribution in [-0.2, 0) is 0 Å². The number of nitrogens with zero attached hydrogens (tertiary/aromatic N) is 7. The predicted molar refractivity (Wildman–Crippen MR) is 396 cm³/mol. The van der Waals surface area contributed by atoms with Crippen LogP contribution >= 0.6 is 0 Å². The normalized spacial score (nSPS) is 12.1. The number of fused-ring (bicyclic) bond motifs is 7.